The van der Waals surface area contributed by atoms with Crippen molar-refractivity contribution < 1.29 is 4.74 Å². The number of rotatable bonds is 5. The van der Waals surface area contributed by atoms with E-state index in [-0.39, 0.29) is 0 Å². The maximum absolute atomic E-state index is 5.78. The van der Waals surface area contributed by atoms with Crippen molar-refractivity contribution in [2.24, 2.45) is 0 Å². The van der Waals surface area contributed by atoms with Crippen LogP contribution in [0.5, 0.6) is 5.75 Å². The van der Waals surface area contributed by atoms with Crippen LogP contribution in [0.4, 0.5) is 0 Å². The van der Waals surface area contributed by atoms with Crippen LogP contribution in [-0.2, 0) is 6.54 Å². The molecule has 0 bridgehead atoms. The lowest BCUT2D eigenvalue weighted by Crippen LogP contribution is -2.03. The van der Waals surface area contributed by atoms with Gasteiger partial charge in [0, 0.05) is 6.54 Å². The first kappa shape index (κ1) is 11.0. The van der Waals surface area contributed by atoms with Crippen LogP contribution in [0, 0.1) is 0 Å². The quantitative estimate of drug-likeness (QED) is 0.750. The van der Waals surface area contributed by atoms with Crippen molar-refractivity contribution in [3.63, 3.8) is 0 Å². The van der Waals surface area contributed by atoms with Crippen LogP contribution in [0.1, 0.15) is 6.42 Å². The van der Waals surface area contributed by atoms with Gasteiger partial charge in [-0.3, -0.25) is 0 Å². The molecule has 1 aromatic carbocycles. The third kappa shape index (κ3) is 2.97. The molecule has 0 aliphatic carbocycles. The lowest BCUT2D eigenvalue weighted by molar-refractivity contribution is 0.302. The summed E-state index contributed by atoms with van der Waals surface area (Å²) in [6.07, 6.45) is 2.48. The van der Waals surface area contributed by atoms with Crippen molar-refractivity contribution in [1.82, 2.24) is 14.8 Å². The minimum Gasteiger partial charge on any atom is -0.494 e. The summed E-state index contributed by atoms with van der Waals surface area (Å²) in [4.78, 5) is 0. The number of benzene rings is 1. The number of nitrogens with zero attached hydrogens (tertiary/aromatic N) is 3. The average Bonchev–Trinajstić information content (AvgIpc) is 2.72. The largest absolute Gasteiger partial charge is 0.494 e. The molecule has 0 fully saturated rings. The molecule has 1 heterocycles. The van der Waals surface area contributed by atoms with Gasteiger partial charge in [-0.1, -0.05) is 18.2 Å². The molecule has 0 atom stereocenters. The van der Waals surface area contributed by atoms with Crippen molar-refractivity contribution in [3.8, 4) is 5.75 Å². The summed E-state index contributed by atoms with van der Waals surface area (Å²) in [5.74, 6) is 0.886. The number of ether oxygens (including phenoxy) is 1. The summed E-state index contributed by atoms with van der Waals surface area (Å²) in [5, 5.41) is 7.81. The van der Waals surface area contributed by atoms with Crippen molar-refractivity contribution >= 4 is 11.6 Å². The van der Waals surface area contributed by atoms with E-state index in [1.165, 1.54) is 0 Å². The molecular formula is C11H12ClN3O. The van der Waals surface area contributed by atoms with Gasteiger partial charge in [-0.2, -0.15) is 0 Å². The predicted molar refractivity (Wildman–Crippen MR) is 61.6 cm³/mol. The second-order valence-electron chi connectivity index (χ2n) is 3.31. The van der Waals surface area contributed by atoms with E-state index in [1.807, 2.05) is 30.3 Å². The zero-order chi connectivity index (χ0) is 11.2. The Morgan fingerprint density at radius 2 is 2.06 bits per heavy atom. The van der Waals surface area contributed by atoms with Gasteiger partial charge in [0.2, 0.25) is 5.28 Å². The number of hydrogen-bond acceptors (Lipinski definition) is 3. The highest BCUT2D eigenvalue weighted by Crippen LogP contribution is 2.09. The first-order chi connectivity index (χ1) is 7.86. The molecule has 0 N–H and O–H groups in total. The van der Waals surface area contributed by atoms with Crippen LogP contribution >= 0.6 is 11.6 Å². The van der Waals surface area contributed by atoms with E-state index >= 15 is 0 Å². The van der Waals surface area contributed by atoms with E-state index in [1.54, 1.807) is 10.9 Å². The summed E-state index contributed by atoms with van der Waals surface area (Å²) < 4.78 is 7.33. The molecule has 16 heavy (non-hydrogen) atoms. The molecule has 2 aromatic rings. The molecule has 1 aromatic heterocycles. The smallest absolute Gasteiger partial charge is 0.224 e. The molecule has 0 radical (unpaired) electrons. The molecule has 4 nitrogen and oxygen atoms in total. The highest BCUT2D eigenvalue weighted by molar-refractivity contribution is 6.28. The van der Waals surface area contributed by atoms with Crippen LogP contribution in [-0.4, -0.2) is 21.4 Å². The second kappa shape index (κ2) is 5.51. The fraction of sp³-hybridized carbons (Fsp3) is 0.273. The fourth-order valence-corrected chi connectivity index (χ4v) is 1.50. The molecule has 0 spiro atoms. The average molecular weight is 238 g/mol. The minimum absolute atomic E-state index is 0.416. The SMILES string of the molecule is Clc1nncn1CCCOc1ccccc1. The summed E-state index contributed by atoms with van der Waals surface area (Å²) in [6, 6.07) is 9.74. The van der Waals surface area contributed by atoms with E-state index < -0.39 is 0 Å². The summed E-state index contributed by atoms with van der Waals surface area (Å²) >= 11 is 5.78. The van der Waals surface area contributed by atoms with E-state index in [0.717, 1.165) is 18.7 Å². The van der Waals surface area contributed by atoms with Crippen molar-refractivity contribution in [1.29, 1.82) is 0 Å². The van der Waals surface area contributed by atoms with Gasteiger partial charge in [0.15, 0.2) is 0 Å². The monoisotopic (exact) mass is 237 g/mol. The fourth-order valence-electron chi connectivity index (χ4n) is 1.33. The number of halogens is 1. The van der Waals surface area contributed by atoms with Crippen molar-refractivity contribution in [2.75, 3.05) is 6.61 Å². The normalized spacial score (nSPS) is 10.3. The number of hydrogen-bond donors (Lipinski definition) is 0. The van der Waals surface area contributed by atoms with Gasteiger partial charge in [0.05, 0.1) is 6.61 Å². The minimum atomic E-state index is 0.416. The molecule has 0 saturated heterocycles. The van der Waals surface area contributed by atoms with Crippen molar-refractivity contribution in [2.45, 2.75) is 13.0 Å². The first-order valence-corrected chi connectivity index (χ1v) is 5.45. The zero-order valence-electron chi connectivity index (χ0n) is 8.71. The van der Waals surface area contributed by atoms with Crippen LogP contribution in [0.25, 0.3) is 0 Å². The molecule has 0 unspecified atom stereocenters. The van der Waals surface area contributed by atoms with E-state index in [0.29, 0.717) is 11.9 Å². The second-order valence-corrected chi connectivity index (χ2v) is 3.65. The third-order valence-corrected chi connectivity index (χ3v) is 2.42. The Hall–Kier alpha value is -1.55. The molecule has 5 heteroatoms. The maximum atomic E-state index is 5.78. The van der Waals surface area contributed by atoms with Crippen LogP contribution in [0.15, 0.2) is 36.7 Å². The number of para-hydroxylation sites is 1. The summed E-state index contributed by atoms with van der Waals surface area (Å²) in [7, 11) is 0. The predicted octanol–water partition coefficient (Wildman–Crippen LogP) is 2.40. The van der Waals surface area contributed by atoms with Crippen LogP contribution in [0.2, 0.25) is 5.28 Å². The molecule has 0 amide bonds. The Kier molecular flexibility index (Phi) is 3.77. The Morgan fingerprint density at radius 1 is 1.25 bits per heavy atom. The Morgan fingerprint density at radius 3 is 2.75 bits per heavy atom. The lowest BCUT2D eigenvalue weighted by Gasteiger charge is -2.06. The highest BCUT2D eigenvalue weighted by Gasteiger charge is 1.99. The first-order valence-electron chi connectivity index (χ1n) is 5.07. The molecule has 0 aliphatic rings. The van der Waals surface area contributed by atoms with Gasteiger partial charge in [0.25, 0.3) is 0 Å². The number of aromatic nitrogens is 3. The summed E-state index contributed by atoms with van der Waals surface area (Å²) in [5.41, 5.74) is 0. The topological polar surface area (TPSA) is 39.9 Å². The van der Waals surface area contributed by atoms with Crippen LogP contribution in [0.3, 0.4) is 0 Å². The van der Waals surface area contributed by atoms with Gasteiger partial charge < -0.3 is 9.30 Å². The third-order valence-electron chi connectivity index (χ3n) is 2.12. The van der Waals surface area contributed by atoms with Gasteiger partial charge in [0.1, 0.15) is 12.1 Å². The Bertz CT molecular complexity index is 430. The summed E-state index contributed by atoms with van der Waals surface area (Å²) in [6.45, 7) is 1.41. The molecule has 0 aliphatic heterocycles. The molecule has 2 rings (SSSR count). The van der Waals surface area contributed by atoms with E-state index in [2.05, 4.69) is 10.2 Å². The zero-order valence-corrected chi connectivity index (χ0v) is 9.47. The molecule has 0 saturated carbocycles. The van der Waals surface area contributed by atoms with Gasteiger partial charge in [-0.05, 0) is 30.2 Å². The maximum Gasteiger partial charge on any atom is 0.224 e. The Balaban J connectivity index is 1.72. The van der Waals surface area contributed by atoms with Crippen LogP contribution < -0.4 is 4.74 Å². The van der Waals surface area contributed by atoms with Gasteiger partial charge in [-0.25, -0.2) is 0 Å². The molecular weight excluding hydrogens is 226 g/mol. The van der Waals surface area contributed by atoms with Gasteiger partial charge in [-0.15, -0.1) is 10.2 Å². The van der Waals surface area contributed by atoms with E-state index in [4.69, 9.17) is 16.3 Å². The Labute approximate surface area is 98.8 Å². The van der Waals surface area contributed by atoms with E-state index in [9.17, 15) is 0 Å². The molecule has 84 valence electrons. The lowest BCUT2D eigenvalue weighted by atomic mass is 10.3. The van der Waals surface area contributed by atoms with Gasteiger partial charge >= 0.3 is 0 Å². The standard InChI is InChI=1S/C11H12ClN3O/c12-11-14-13-9-15(11)7-4-8-16-10-5-2-1-3-6-10/h1-3,5-6,9H,4,7-8H2. The van der Waals surface area contributed by atoms with Crippen molar-refractivity contribution in [3.05, 3.63) is 41.9 Å². The highest BCUT2D eigenvalue weighted by atomic mass is 35.5. The number of aryl methyl sites for hydroxylation is 1.